The van der Waals surface area contributed by atoms with E-state index in [4.69, 9.17) is 4.74 Å². The van der Waals surface area contributed by atoms with Gasteiger partial charge in [0, 0.05) is 22.5 Å². The molecule has 1 spiro atoms. The Bertz CT molecular complexity index is 228. The first kappa shape index (κ1) is 10.8. The zero-order valence-corrected chi connectivity index (χ0v) is 11.0. The summed E-state index contributed by atoms with van der Waals surface area (Å²) in [6.07, 6.45) is 8.83. The number of hydrogen-bond acceptors (Lipinski definition) is 3. The summed E-state index contributed by atoms with van der Waals surface area (Å²) < 4.78 is 5.86. The van der Waals surface area contributed by atoms with E-state index in [1.807, 2.05) is 0 Å². The molecule has 3 atom stereocenters. The molecule has 3 fully saturated rings. The van der Waals surface area contributed by atoms with Crippen LogP contribution in [0.3, 0.4) is 0 Å². The van der Waals surface area contributed by atoms with Crippen molar-refractivity contribution in [3.05, 3.63) is 0 Å². The van der Waals surface area contributed by atoms with Gasteiger partial charge in [-0.05, 0) is 32.1 Å². The summed E-state index contributed by atoms with van der Waals surface area (Å²) in [6, 6.07) is 0. The molecule has 1 nitrogen and oxygen atoms in total. The molecule has 3 rings (SSSR count). The van der Waals surface area contributed by atoms with Crippen molar-refractivity contribution in [1.29, 1.82) is 0 Å². The van der Waals surface area contributed by atoms with Crippen molar-refractivity contribution < 1.29 is 4.74 Å². The van der Waals surface area contributed by atoms with E-state index in [1.54, 1.807) is 0 Å². The third kappa shape index (κ3) is 1.66. The second kappa shape index (κ2) is 4.15. The summed E-state index contributed by atoms with van der Waals surface area (Å²) in [4.78, 5) is 0. The summed E-state index contributed by atoms with van der Waals surface area (Å²) in [7, 11) is 4.38. The molecule has 2 heterocycles. The number of ether oxygens (including phenoxy) is 1. The average molecular weight is 244 g/mol. The molecule has 0 N–H and O–H groups in total. The van der Waals surface area contributed by atoms with Crippen LogP contribution >= 0.6 is 21.6 Å². The smallest absolute Gasteiger partial charge is 0.0578 e. The van der Waals surface area contributed by atoms with Gasteiger partial charge in [0.15, 0.2) is 0 Å². The topological polar surface area (TPSA) is 9.23 Å². The largest absolute Gasteiger partial charge is 0.378 e. The first-order valence-corrected chi connectivity index (χ1v) is 8.56. The molecule has 2 saturated heterocycles. The van der Waals surface area contributed by atoms with E-state index >= 15 is 0 Å². The number of hydrogen-bond donors (Lipinski definition) is 0. The van der Waals surface area contributed by atoms with Crippen molar-refractivity contribution >= 4 is 21.6 Å². The molecule has 2 unspecified atom stereocenters. The highest BCUT2D eigenvalue weighted by atomic mass is 33.1. The Balaban J connectivity index is 1.82. The van der Waals surface area contributed by atoms with E-state index < -0.39 is 0 Å². The van der Waals surface area contributed by atoms with Gasteiger partial charge in [0.25, 0.3) is 0 Å². The second-order valence-corrected chi connectivity index (χ2v) is 7.87. The lowest BCUT2D eigenvalue weighted by molar-refractivity contribution is -0.0560. The van der Waals surface area contributed by atoms with Crippen LogP contribution in [0.25, 0.3) is 0 Å². The monoisotopic (exact) mass is 244 g/mol. The molecular weight excluding hydrogens is 224 g/mol. The Hall–Kier alpha value is 0.660. The van der Waals surface area contributed by atoms with E-state index in [9.17, 15) is 0 Å². The average Bonchev–Trinajstić information content (AvgIpc) is 2.50. The van der Waals surface area contributed by atoms with Crippen molar-refractivity contribution in [3.8, 4) is 0 Å². The fourth-order valence-corrected chi connectivity index (χ4v) is 8.09. The predicted molar refractivity (Wildman–Crippen MR) is 68.3 cm³/mol. The maximum atomic E-state index is 5.86. The third-order valence-corrected chi connectivity index (χ3v) is 8.20. The standard InChI is InChI=1S/C12H20OS2/c1-2-9-8-12(6-7-13-9)10-4-3-5-11(12)15-14-10/h9-11H,2-8H2,1H3/t9-,10?,11?,12?/m1/s1. The number of rotatable bonds is 1. The fraction of sp³-hybridized carbons (Fsp3) is 1.00. The van der Waals surface area contributed by atoms with Crippen LogP contribution in [0.4, 0.5) is 0 Å². The van der Waals surface area contributed by atoms with Gasteiger partial charge in [-0.1, -0.05) is 34.9 Å². The lowest BCUT2D eigenvalue weighted by Crippen LogP contribution is -2.47. The minimum atomic E-state index is 0.557. The Morgan fingerprint density at radius 2 is 2.00 bits per heavy atom. The van der Waals surface area contributed by atoms with Crippen LogP contribution in [0, 0.1) is 5.41 Å². The van der Waals surface area contributed by atoms with E-state index in [-0.39, 0.29) is 0 Å². The van der Waals surface area contributed by atoms with Crippen LogP contribution in [0.1, 0.15) is 45.4 Å². The van der Waals surface area contributed by atoms with Gasteiger partial charge in [-0.15, -0.1) is 0 Å². The van der Waals surface area contributed by atoms with Gasteiger partial charge in [0.1, 0.15) is 0 Å². The quantitative estimate of drug-likeness (QED) is 0.648. The molecule has 86 valence electrons. The summed E-state index contributed by atoms with van der Waals surface area (Å²) in [6.45, 7) is 3.29. The van der Waals surface area contributed by atoms with E-state index in [0.717, 1.165) is 17.1 Å². The summed E-state index contributed by atoms with van der Waals surface area (Å²) in [5.41, 5.74) is 0.659. The highest BCUT2D eigenvalue weighted by Gasteiger charge is 2.54. The lowest BCUT2D eigenvalue weighted by atomic mass is 9.66. The van der Waals surface area contributed by atoms with Gasteiger partial charge in [-0.25, -0.2) is 0 Å². The van der Waals surface area contributed by atoms with E-state index in [0.29, 0.717) is 11.5 Å². The molecule has 2 bridgehead atoms. The normalized spacial score (nSPS) is 49.8. The Labute approximate surface area is 100 Å². The minimum Gasteiger partial charge on any atom is -0.378 e. The zero-order valence-electron chi connectivity index (χ0n) is 9.41. The summed E-state index contributed by atoms with van der Waals surface area (Å²) in [5, 5.41) is 1.89. The van der Waals surface area contributed by atoms with Gasteiger partial charge in [0.05, 0.1) is 6.10 Å². The van der Waals surface area contributed by atoms with Crippen LogP contribution in [-0.2, 0) is 4.74 Å². The zero-order chi connectivity index (χ0) is 10.3. The van der Waals surface area contributed by atoms with Crippen LogP contribution in [0.15, 0.2) is 0 Å². The SMILES string of the molecule is CC[C@@H]1CC2(CCO1)C1CCCC2SS1. The molecule has 0 radical (unpaired) electrons. The Kier molecular flexibility index (Phi) is 2.99. The van der Waals surface area contributed by atoms with Crippen molar-refractivity contribution in [3.63, 3.8) is 0 Å². The van der Waals surface area contributed by atoms with Gasteiger partial charge < -0.3 is 4.74 Å². The molecule has 3 aliphatic rings. The van der Waals surface area contributed by atoms with Crippen molar-refractivity contribution in [2.45, 2.75) is 62.1 Å². The molecule has 2 aliphatic heterocycles. The molecule has 0 aromatic carbocycles. The highest BCUT2D eigenvalue weighted by Crippen LogP contribution is 2.65. The van der Waals surface area contributed by atoms with Crippen LogP contribution < -0.4 is 0 Å². The third-order valence-electron chi connectivity index (χ3n) is 4.49. The molecule has 15 heavy (non-hydrogen) atoms. The molecule has 0 amide bonds. The second-order valence-electron chi connectivity index (χ2n) is 5.19. The van der Waals surface area contributed by atoms with Crippen molar-refractivity contribution in [1.82, 2.24) is 0 Å². The maximum Gasteiger partial charge on any atom is 0.0578 e. The minimum absolute atomic E-state index is 0.557. The van der Waals surface area contributed by atoms with Gasteiger partial charge in [0.2, 0.25) is 0 Å². The van der Waals surface area contributed by atoms with Crippen LogP contribution in [0.5, 0.6) is 0 Å². The fourth-order valence-electron chi connectivity index (χ4n) is 3.54. The lowest BCUT2D eigenvalue weighted by Gasteiger charge is -2.47. The van der Waals surface area contributed by atoms with E-state index in [2.05, 4.69) is 28.5 Å². The molecule has 3 heteroatoms. The Morgan fingerprint density at radius 3 is 2.67 bits per heavy atom. The Morgan fingerprint density at radius 1 is 1.27 bits per heavy atom. The van der Waals surface area contributed by atoms with Crippen LogP contribution in [0.2, 0.25) is 0 Å². The van der Waals surface area contributed by atoms with Crippen molar-refractivity contribution in [2.75, 3.05) is 6.61 Å². The van der Waals surface area contributed by atoms with Crippen molar-refractivity contribution in [2.24, 2.45) is 5.41 Å². The molecule has 1 saturated carbocycles. The first-order chi connectivity index (χ1) is 7.35. The molecule has 0 aromatic rings. The molecular formula is C12H20OS2. The summed E-state index contributed by atoms with van der Waals surface area (Å²) >= 11 is 0. The molecule has 0 aromatic heterocycles. The highest BCUT2D eigenvalue weighted by molar-refractivity contribution is 8.77. The van der Waals surface area contributed by atoms with Crippen LogP contribution in [-0.4, -0.2) is 23.2 Å². The van der Waals surface area contributed by atoms with Gasteiger partial charge in [-0.2, -0.15) is 0 Å². The molecule has 1 aliphatic carbocycles. The maximum absolute atomic E-state index is 5.86. The van der Waals surface area contributed by atoms with Gasteiger partial charge in [-0.3, -0.25) is 0 Å². The summed E-state index contributed by atoms with van der Waals surface area (Å²) in [5.74, 6) is 0. The predicted octanol–water partition coefficient (Wildman–Crippen LogP) is 3.88. The van der Waals surface area contributed by atoms with E-state index in [1.165, 1.54) is 38.5 Å². The first-order valence-electron chi connectivity index (χ1n) is 6.29. The van der Waals surface area contributed by atoms with Gasteiger partial charge >= 0.3 is 0 Å².